The molecule has 1 N–H and O–H groups in total. The minimum Gasteiger partial charge on any atom is -0.385 e. The summed E-state index contributed by atoms with van der Waals surface area (Å²) >= 11 is 0. The number of alkyl halides is 3. The molecule has 0 radical (unpaired) electrons. The number of hydrogen-bond donors (Lipinski definition) is 1. The molecular weight excluding hydrogens is 209 g/mol. The molecule has 0 saturated carbocycles. The van der Waals surface area contributed by atoms with E-state index in [1.54, 1.807) is 7.11 Å². The van der Waals surface area contributed by atoms with Crippen molar-refractivity contribution >= 4 is 0 Å². The van der Waals surface area contributed by atoms with Gasteiger partial charge in [-0.15, -0.1) is 0 Å². The van der Waals surface area contributed by atoms with E-state index in [9.17, 15) is 13.2 Å². The highest BCUT2D eigenvalue weighted by Gasteiger charge is 2.28. The van der Waals surface area contributed by atoms with E-state index in [-0.39, 0.29) is 0 Å². The van der Waals surface area contributed by atoms with Gasteiger partial charge >= 0.3 is 6.18 Å². The van der Waals surface area contributed by atoms with Gasteiger partial charge < -0.3 is 10.1 Å². The fraction of sp³-hybridized carbons (Fsp3) is 1.00. The molecule has 0 fully saturated rings. The number of methoxy groups -OCH3 is 1. The van der Waals surface area contributed by atoms with Crippen LogP contribution in [-0.2, 0) is 4.74 Å². The number of halogens is 3. The van der Waals surface area contributed by atoms with Crippen LogP contribution in [0.2, 0.25) is 0 Å². The molecular formula is C9H19F3N2O. The summed E-state index contributed by atoms with van der Waals surface area (Å²) in [5, 5.41) is 3.05. The highest BCUT2D eigenvalue weighted by Crippen LogP contribution is 2.14. The van der Waals surface area contributed by atoms with Crippen molar-refractivity contribution in [2.75, 3.05) is 46.9 Å². The Labute approximate surface area is 88.6 Å². The Morgan fingerprint density at radius 3 is 2.47 bits per heavy atom. The van der Waals surface area contributed by atoms with Gasteiger partial charge in [0.2, 0.25) is 0 Å². The fourth-order valence-electron chi connectivity index (χ4n) is 1.12. The molecule has 0 aromatic rings. The van der Waals surface area contributed by atoms with Gasteiger partial charge in [0, 0.05) is 26.8 Å². The van der Waals surface area contributed by atoms with Crippen molar-refractivity contribution in [2.45, 2.75) is 12.6 Å². The second-order valence-electron chi connectivity index (χ2n) is 3.45. The third kappa shape index (κ3) is 11.6. The minimum atomic E-state index is -4.11. The summed E-state index contributed by atoms with van der Waals surface area (Å²) in [6.07, 6.45) is -3.23. The predicted octanol–water partition coefficient (Wildman–Crippen LogP) is 1.11. The zero-order chi connectivity index (χ0) is 11.7. The van der Waals surface area contributed by atoms with E-state index in [0.29, 0.717) is 19.7 Å². The number of likely N-dealkylation sites (N-methyl/N-ethyl adjacent to an activating group) is 1. The first kappa shape index (κ1) is 14.7. The molecule has 0 spiro atoms. The van der Waals surface area contributed by atoms with Crippen molar-refractivity contribution < 1.29 is 17.9 Å². The van der Waals surface area contributed by atoms with E-state index in [0.717, 1.165) is 13.0 Å². The zero-order valence-corrected chi connectivity index (χ0v) is 9.23. The van der Waals surface area contributed by atoms with Gasteiger partial charge in [-0.25, -0.2) is 0 Å². The second-order valence-corrected chi connectivity index (χ2v) is 3.45. The number of nitrogens with zero attached hydrogens (tertiary/aromatic N) is 1. The summed E-state index contributed by atoms with van der Waals surface area (Å²) in [7, 11) is 3.08. The van der Waals surface area contributed by atoms with Crippen molar-refractivity contribution in [3.8, 4) is 0 Å². The summed E-state index contributed by atoms with van der Waals surface area (Å²) < 4.78 is 40.5. The molecule has 0 aliphatic rings. The van der Waals surface area contributed by atoms with Crippen molar-refractivity contribution in [1.29, 1.82) is 0 Å². The van der Waals surface area contributed by atoms with Crippen LogP contribution >= 0.6 is 0 Å². The van der Waals surface area contributed by atoms with Crippen LogP contribution < -0.4 is 5.32 Å². The molecule has 92 valence electrons. The smallest absolute Gasteiger partial charge is 0.385 e. The van der Waals surface area contributed by atoms with Crippen molar-refractivity contribution in [2.24, 2.45) is 0 Å². The van der Waals surface area contributed by atoms with Crippen LogP contribution in [0.25, 0.3) is 0 Å². The molecule has 6 heteroatoms. The second kappa shape index (κ2) is 7.90. The van der Waals surface area contributed by atoms with Gasteiger partial charge in [0.25, 0.3) is 0 Å². The van der Waals surface area contributed by atoms with E-state index in [1.807, 2.05) is 0 Å². The predicted molar refractivity (Wildman–Crippen MR) is 52.9 cm³/mol. The van der Waals surface area contributed by atoms with Gasteiger partial charge in [-0.1, -0.05) is 0 Å². The first-order valence-electron chi connectivity index (χ1n) is 4.90. The van der Waals surface area contributed by atoms with E-state index in [2.05, 4.69) is 5.32 Å². The number of hydrogen-bond acceptors (Lipinski definition) is 3. The molecule has 0 saturated heterocycles. The molecule has 0 aliphatic carbocycles. The van der Waals surface area contributed by atoms with Gasteiger partial charge in [-0.3, -0.25) is 4.90 Å². The van der Waals surface area contributed by atoms with E-state index < -0.39 is 12.7 Å². The first-order chi connectivity index (χ1) is 6.95. The van der Waals surface area contributed by atoms with Crippen LogP contribution in [0, 0.1) is 0 Å². The maximum Gasteiger partial charge on any atom is 0.401 e. The normalized spacial score (nSPS) is 12.4. The van der Waals surface area contributed by atoms with Crippen molar-refractivity contribution in [3.05, 3.63) is 0 Å². The molecule has 0 aliphatic heterocycles. The standard InChI is InChI=1S/C9H19F3N2O/c1-14(8-9(10,11)12)6-5-13-4-3-7-15-2/h13H,3-8H2,1-2H3. The largest absolute Gasteiger partial charge is 0.401 e. The highest BCUT2D eigenvalue weighted by atomic mass is 19.4. The third-order valence-corrected chi connectivity index (χ3v) is 1.82. The Bertz CT molecular complexity index is 153. The lowest BCUT2D eigenvalue weighted by molar-refractivity contribution is -0.142. The van der Waals surface area contributed by atoms with Crippen LogP contribution in [0.3, 0.4) is 0 Å². The molecule has 0 rings (SSSR count). The molecule has 0 atom stereocenters. The van der Waals surface area contributed by atoms with Crippen LogP contribution in [0.1, 0.15) is 6.42 Å². The van der Waals surface area contributed by atoms with Crippen LogP contribution in [0.4, 0.5) is 13.2 Å². The van der Waals surface area contributed by atoms with Crippen molar-refractivity contribution in [3.63, 3.8) is 0 Å². The fourth-order valence-corrected chi connectivity index (χ4v) is 1.12. The third-order valence-electron chi connectivity index (χ3n) is 1.82. The summed E-state index contributed by atoms with van der Waals surface area (Å²) in [5.74, 6) is 0. The Balaban J connectivity index is 3.28. The summed E-state index contributed by atoms with van der Waals surface area (Å²) in [6, 6.07) is 0. The SMILES string of the molecule is COCCCNCCN(C)CC(F)(F)F. The molecule has 0 bridgehead atoms. The van der Waals surface area contributed by atoms with Gasteiger partial charge in [0.05, 0.1) is 6.54 Å². The summed E-state index contributed by atoms with van der Waals surface area (Å²) in [6.45, 7) is 1.55. The molecule has 0 heterocycles. The molecule has 0 aromatic heterocycles. The zero-order valence-electron chi connectivity index (χ0n) is 9.23. The Kier molecular flexibility index (Phi) is 7.72. The first-order valence-corrected chi connectivity index (χ1v) is 4.90. The summed E-state index contributed by atoms with van der Waals surface area (Å²) in [5.41, 5.74) is 0. The number of rotatable bonds is 8. The van der Waals surface area contributed by atoms with Gasteiger partial charge in [0.1, 0.15) is 0 Å². The van der Waals surface area contributed by atoms with E-state index >= 15 is 0 Å². The molecule has 15 heavy (non-hydrogen) atoms. The van der Waals surface area contributed by atoms with Gasteiger partial charge in [0.15, 0.2) is 0 Å². The lowest BCUT2D eigenvalue weighted by Gasteiger charge is -2.18. The minimum absolute atomic E-state index is 0.395. The average molecular weight is 228 g/mol. The molecule has 0 unspecified atom stereocenters. The average Bonchev–Trinajstić information content (AvgIpc) is 2.08. The quantitative estimate of drug-likeness (QED) is 0.630. The maximum absolute atomic E-state index is 11.9. The van der Waals surface area contributed by atoms with Crippen LogP contribution in [0.5, 0.6) is 0 Å². The Morgan fingerprint density at radius 2 is 1.93 bits per heavy atom. The van der Waals surface area contributed by atoms with E-state index in [4.69, 9.17) is 4.74 Å². The Morgan fingerprint density at radius 1 is 1.27 bits per heavy atom. The lowest BCUT2D eigenvalue weighted by Crippen LogP contribution is -2.36. The monoisotopic (exact) mass is 228 g/mol. The number of nitrogens with one attached hydrogen (secondary N) is 1. The molecule has 0 amide bonds. The van der Waals surface area contributed by atoms with Gasteiger partial charge in [-0.2, -0.15) is 13.2 Å². The van der Waals surface area contributed by atoms with Crippen LogP contribution in [-0.4, -0.2) is 58.0 Å². The van der Waals surface area contributed by atoms with Crippen LogP contribution in [0.15, 0.2) is 0 Å². The van der Waals surface area contributed by atoms with Gasteiger partial charge in [-0.05, 0) is 20.0 Å². The summed E-state index contributed by atoms with van der Waals surface area (Å²) in [4.78, 5) is 1.25. The highest BCUT2D eigenvalue weighted by molar-refractivity contribution is 4.60. The maximum atomic E-state index is 11.9. The number of ether oxygens (including phenoxy) is 1. The van der Waals surface area contributed by atoms with E-state index in [1.165, 1.54) is 11.9 Å². The topological polar surface area (TPSA) is 24.5 Å². The van der Waals surface area contributed by atoms with Crippen molar-refractivity contribution in [1.82, 2.24) is 10.2 Å². The lowest BCUT2D eigenvalue weighted by atomic mass is 10.4. The molecule has 0 aromatic carbocycles. The molecule has 3 nitrogen and oxygen atoms in total. The Hall–Kier alpha value is -0.330.